The lowest BCUT2D eigenvalue weighted by atomic mass is 10.3. The first-order chi connectivity index (χ1) is 8.49. The molecule has 0 unspecified atom stereocenters. The number of thiazole rings is 1. The van der Waals surface area contributed by atoms with Crippen LogP contribution in [-0.4, -0.2) is 13.4 Å². The second kappa shape index (κ2) is 5.05. The Kier molecular flexibility index (Phi) is 3.65. The fraction of sp³-hybridized carbons (Fsp3) is 0.182. The first-order valence-corrected chi connectivity index (χ1v) is 7.60. The third kappa shape index (κ3) is 2.87. The molecule has 1 aromatic heterocycles. The smallest absolute Gasteiger partial charge is 0.242 e. The van der Waals surface area contributed by atoms with Crippen LogP contribution in [0.25, 0.3) is 0 Å². The van der Waals surface area contributed by atoms with Crippen molar-refractivity contribution in [3.63, 3.8) is 0 Å². The average Bonchev–Trinajstić information content (AvgIpc) is 2.73. The number of sulfonamides is 1. The number of benzene rings is 1. The number of anilines is 1. The standard InChI is InChI=1S/C11H13N3O2S2/c1-8-14-9(7-17-8)6-13-18(15,16)11-5-3-2-4-10(11)12/h2-5,7,13H,6,12H2,1H3. The van der Waals surface area contributed by atoms with Crippen molar-refractivity contribution in [2.75, 3.05) is 5.73 Å². The van der Waals surface area contributed by atoms with Crippen LogP contribution in [0.15, 0.2) is 34.5 Å². The SMILES string of the molecule is Cc1nc(CNS(=O)(=O)c2ccccc2N)cs1. The minimum Gasteiger partial charge on any atom is -0.398 e. The molecule has 7 heteroatoms. The molecule has 0 aliphatic heterocycles. The second-order valence-corrected chi connectivity index (χ2v) is 6.52. The van der Waals surface area contributed by atoms with E-state index in [1.165, 1.54) is 17.4 Å². The topological polar surface area (TPSA) is 85.1 Å². The van der Waals surface area contributed by atoms with Crippen molar-refractivity contribution in [2.45, 2.75) is 18.4 Å². The highest BCUT2D eigenvalue weighted by molar-refractivity contribution is 7.89. The molecule has 3 N–H and O–H groups in total. The van der Waals surface area contributed by atoms with Crippen molar-refractivity contribution < 1.29 is 8.42 Å². The van der Waals surface area contributed by atoms with E-state index in [1.807, 2.05) is 12.3 Å². The van der Waals surface area contributed by atoms with Crippen LogP contribution in [0.2, 0.25) is 0 Å². The normalized spacial score (nSPS) is 11.6. The number of para-hydroxylation sites is 1. The van der Waals surface area contributed by atoms with Gasteiger partial charge >= 0.3 is 0 Å². The highest BCUT2D eigenvalue weighted by Gasteiger charge is 2.16. The van der Waals surface area contributed by atoms with E-state index in [-0.39, 0.29) is 17.1 Å². The molecule has 18 heavy (non-hydrogen) atoms. The van der Waals surface area contributed by atoms with Gasteiger partial charge in [0.15, 0.2) is 0 Å². The molecule has 1 heterocycles. The first-order valence-electron chi connectivity index (χ1n) is 5.24. The summed E-state index contributed by atoms with van der Waals surface area (Å²) in [6, 6.07) is 6.36. The van der Waals surface area contributed by atoms with Gasteiger partial charge in [-0.3, -0.25) is 0 Å². The van der Waals surface area contributed by atoms with Crippen LogP contribution in [0.3, 0.4) is 0 Å². The van der Waals surface area contributed by atoms with E-state index >= 15 is 0 Å². The van der Waals surface area contributed by atoms with E-state index in [2.05, 4.69) is 9.71 Å². The molecule has 0 aliphatic rings. The molecular formula is C11H13N3O2S2. The minimum atomic E-state index is -3.59. The monoisotopic (exact) mass is 283 g/mol. The maximum absolute atomic E-state index is 12.0. The summed E-state index contributed by atoms with van der Waals surface area (Å²) in [6.45, 7) is 2.04. The van der Waals surface area contributed by atoms with Gasteiger partial charge in [0.25, 0.3) is 0 Å². The molecule has 0 atom stereocenters. The van der Waals surface area contributed by atoms with Crippen LogP contribution < -0.4 is 10.5 Å². The predicted octanol–water partition coefficient (Wildman–Crippen LogP) is 1.51. The zero-order valence-electron chi connectivity index (χ0n) is 9.75. The number of hydrogen-bond acceptors (Lipinski definition) is 5. The maximum atomic E-state index is 12.0. The number of nitrogens with one attached hydrogen (secondary N) is 1. The first kappa shape index (κ1) is 13.0. The fourth-order valence-corrected chi connectivity index (χ4v) is 3.20. The van der Waals surface area contributed by atoms with E-state index in [4.69, 9.17) is 5.73 Å². The van der Waals surface area contributed by atoms with E-state index in [9.17, 15) is 8.42 Å². The third-order valence-electron chi connectivity index (χ3n) is 2.32. The lowest BCUT2D eigenvalue weighted by molar-refractivity contribution is 0.581. The molecule has 0 amide bonds. The Morgan fingerprint density at radius 1 is 1.39 bits per heavy atom. The molecule has 0 aliphatic carbocycles. The fourth-order valence-electron chi connectivity index (χ4n) is 1.46. The van der Waals surface area contributed by atoms with Crippen LogP contribution >= 0.6 is 11.3 Å². The number of rotatable bonds is 4. The molecule has 0 spiro atoms. The van der Waals surface area contributed by atoms with Gasteiger partial charge in [-0.25, -0.2) is 18.1 Å². The molecule has 0 fully saturated rings. The Morgan fingerprint density at radius 3 is 2.72 bits per heavy atom. The Morgan fingerprint density at radius 2 is 2.11 bits per heavy atom. The van der Waals surface area contributed by atoms with E-state index in [0.717, 1.165) is 5.01 Å². The number of hydrogen-bond donors (Lipinski definition) is 2. The summed E-state index contributed by atoms with van der Waals surface area (Å²) in [5.74, 6) is 0. The van der Waals surface area contributed by atoms with Gasteiger partial charge in [0.2, 0.25) is 10.0 Å². The van der Waals surface area contributed by atoms with Crippen LogP contribution in [0.4, 0.5) is 5.69 Å². The summed E-state index contributed by atoms with van der Waals surface area (Å²) in [5, 5.41) is 2.73. The number of aromatic nitrogens is 1. The molecule has 2 aromatic rings. The zero-order chi connectivity index (χ0) is 13.2. The van der Waals surface area contributed by atoms with Crippen molar-refractivity contribution >= 4 is 27.0 Å². The molecule has 96 valence electrons. The molecule has 1 aromatic carbocycles. The van der Waals surface area contributed by atoms with Gasteiger partial charge < -0.3 is 5.73 Å². The predicted molar refractivity (Wildman–Crippen MR) is 71.7 cm³/mol. The summed E-state index contributed by atoms with van der Waals surface area (Å²) < 4.78 is 26.5. The number of nitrogens with zero attached hydrogens (tertiary/aromatic N) is 1. The highest BCUT2D eigenvalue weighted by Crippen LogP contribution is 2.17. The highest BCUT2D eigenvalue weighted by atomic mass is 32.2. The van der Waals surface area contributed by atoms with Gasteiger partial charge in [-0.15, -0.1) is 11.3 Å². The lowest BCUT2D eigenvalue weighted by Gasteiger charge is -2.07. The Balaban J connectivity index is 2.16. The van der Waals surface area contributed by atoms with E-state index in [1.54, 1.807) is 18.2 Å². The number of nitrogen functional groups attached to an aromatic ring is 1. The minimum absolute atomic E-state index is 0.0944. The summed E-state index contributed by atoms with van der Waals surface area (Å²) >= 11 is 1.48. The second-order valence-electron chi connectivity index (χ2n) is 3.72. The van der Waals surface area contributed by atoms with Crippen molar-refractivity contribution in [2.24, 2.45) is 0 Å². The van der Waals surface area contributed by atoms with E-state index in [0.29, 0.717) is 5.69 Å². The zero-order valence-corrected chi connectivity index (χ0v) is 11.4. The van der Waals surface area contributed by atoms with Crippen LogP contribution in [0, 0.1) is 6.92 Å². The average molecular weight is 283 g/mol. The van der Waals surface area contributed by atoms with Crippen molar-refractivity contribution in [1.82, 2.24) is 9.71 Å². The van der Waals surface area contributed by atoms with Crippen molar-refractivity contribution in [3.05, 3.63) is 40.3 Å². The van der Waals surface area contributed by atoms with Crippen molar-refractivity contribution in [1.29, 1.82) is 0 Å². The molecule has 0 bridgehead atoms. The molecule has 0 saturated carbocycles. The van der Waals surface area contributed by atoms with E-state index < -0.39 is 10.0 Å². The summed E-state index contributed by atoms with van der Waals surface area (Å²) in [7, 11) is -3.59. The number of nitrogens with two attached hydrogens (primary N) is 1. The summed E-state index contributed by atoms with van der Waals surface area (Å²) in [6.07, 6.45) is 0. The van der Waals surface area contributed by atoms with Gasteiger partial charge in [0.05, 0.1) is 22.9 Å². The summed E-state index contributed by atoms with van der Waals surface area (Å²) in [5.41, 5.74) is 6.59. The quantitative estimate of drug-likeness (QED) is 0.833. The van der Waals surface area contributed by atoms with Crippen LogP contribution in [0.5, 0.6) is 0 Å². The largest absolute Gasteiger partial charge is 0.398 e. The Bertz CT molecular complexity index is 650. The van der Waals surface area contributed by atoms with Gasteiger partial charge in [-0.2, -0.15) is 0 Å². The Hall–Kier alpha value is -1.44. The van der Waals surface area contributed by atoms with Gasteiger partial charge in [-0.05, 0) is 19.1 Å². The van der Waals surface area contributed by atoms with Crippen LogP contribution in [-0.2, 0) is 16.6 Å². The van der Waals surface area contributed by atoms with Gasteiger partial charge in [0, 0.05) is 5.38 Å². The van der Waals surface area contributed by atoms with Crippen molar-refractivity contribution in [3.8, 4) is 0 Å². The molecule has 2 rings (SSSR count). The molecule has 0 saturated heterocycles. The lowest BCUT2D eigenvalue weighted by Crippen LogP contribution is -2.24. The number of aryl methyl sites for hydroxylation is 1. The Labute approximate surface area is 110 Å². The van der Waals surface area contributed by atoms with Crippen LogP contribution in [0.1, 0.15) is 10.7 Å². The van der Waals surface area contributed by atoms with Gasteiger partial charge in [-0.1, -0.05) is 12.1 Å². The van der Waals surface area contributed by atoms with Gasteiger partial charge in [0.1, 0.15) is 4.90 Å². The third-order valence-corrected chi connectivity index (χ3v) is 4.62. The maximum Gasteiger partial charge on any atom is 0.242 e. The summed E-state index contributed by atoms with van der Waals surface area (Å²) in [4.78, 5) is 4.28. The molecule has 5 nitrogen and oxygen atoms in total. The molecular weight excluding hydrogens is 270 g/mol. The molecule has 0 radical (unpaired) electrons.